The highest BCUT2D eigenvalue weighted by Gasteiger charge is 2.41. The summed E-state index contributed by atoms with van der Waals surface area (Å²) >= 11 is 27.6. The van der Waals surface area contributed by atoms with E-state index in [4.69, 9.17) is 67.8 Å². The molecule has 1 N–H and O–H groups in total. The lowest BCUT2D eigenvalue weighted by atomic mass is 10.3. The van der Waals surface area contributed by atoms with E-state index in [1.807, 2.05) is 0 Å². The second kappa shape index (κ2) is 7.38. The smallest absolute Gasteiger partial charge is 0.428 e. The van der Waals surface area contributed by atoms with Gasteiger partial charge in [-0.1, -0.05) is 58.0 Å². The molecule has 0 aliphatic heterocycles. The Kier molecular flexibility index (Phi) is 6.70. The van der Waals surface area contributed by atoms with Gasteiger partial charge in [-0.15, -0.1) is 0 Å². The van der Waals surface area contributed by atoms with E-state index in [1.165, 1.54) is 0 Å². The van der Waals surface area contributed by atoms with Crippen LogP contribution >= 0.6 is 58.0 Å². The third-order valence-corrected chi connectivity index (χ3v) is 3.33. The van der Waals surface area contributed by atoms with Crippen molar-refractivity contribution in [1.82, 2.24) is 0 Å². The number of alkyl halides is 4. The molecule has 0 amide bonds. The predicted molar refractivity (Wildman–Crippen MR) is 75.1 cm³/mol. The van der Waals surface area contributed by atoms with Crippen LogP contribution in [0, 0.1) is 0 Å². The Morgan fingerprint density at radius 2 is 1.70 bits per heavy atom. The van der Waals surface area contributed by atoms with Crippen molar-refractivity contribution in [2.24, 2.45) is 0 Å². The molecule has 0 saturated heterocycles. The Hall–Kier alpha value is 0.0900. The monoisotopic (exact) mass is 388 g/mol. The third kappa shape index (κ3) is 4.29. The van der Waals surface area contributed by atoms with Crippen molar-refractivity contribution in [3.05, 3.63) is 21.1 Å². The van der Waals surface area contributed by atoms with Crippen LogP contribution in [0.1, 0.15) is 0 Å². The van der Waals surface area contributed by atoms with Gasteiger partial charge in [-0.25, -0.2) is 0 Å². The van der Waals surface area contributed by atoms with E-state index >= 15 is 0 Å². The molecule has 20 heavy (non-hydrogen) atoms. The summed E-state index contributed by atoms with van der Waals surface area (Å²) in [6, 6.07) is 1.10. The van der Waals surface area contributed by atoms with Crippen molar-refractivity contribution >= 4 is 58.0 Å². The van der Waals surface area contributed by atoms with E-state index in [0.29, 0.717) is 0 Å². The van der Waals surface area contributed by atoms with Crippen molar-refractivity contribution in [2.45, 2.75) is 10.9 Å². The second-order valence-corrected chi connectivity index (χ2v) is 5.64. The van der Waals surface area contributed by atoms with Gasteiger partial charge in [0.25, 0.3) is 0 Å². The topological polar surface area (TPSA) is 38.7 Å². The predicted octanol–water partition coefficient (Wildman–Crippen LogP) is 4.79. The van der Waals surface area contributed by atoms with Crippen molar-refractivity contribution in [2.75, 3.05) is 13.2 Å². The molecule has 1 aromatic rings. The minimum absolute atomic E-state index is 0.0302. The Morgan fingerprint density at radius 1 is 1.15 bits per heavy atom. The molecule has 0 saturated carbocycles. The van der Waals surface area contributed by atoms with E-state index in [-0.39, 0.29) is 34.0 Å². The fourth-order valence-corrected chi connectivity index (χ4v) is 2.15. The van der Waals surface area contributed by atoms with Gasteiger partial charge in [0.1, 0.15) is 11.6 Å². The van der Waals surface area contributed by atoms with Crippen LogP contribution in [0.15, 0.2) is 6.07 Å². The fraction of sp³-hybridized carbons (Fsp3) is 0.400. The Labute approximate surface area is 138 Å². The minimum atomic E-state index is -3.92. The molecule has 0 radical (unpaired) electrons. The van der Waals surface area contributed by atoms with Gasteiger partial charge in [0.2, 0.25) is 4.84 Å². The zero-order valence-electron chi connectivity index (χ0n) is 9.48. The number of benzene rings is 1. The zero-order chi connectivity index (χ0) is 15.5. The molecule has 0 fully saturated rings. The molecule has 0 heterocycles. The van der Waals surface area contributed by atoms with Crippen molar-refractivity contribution in [3.63, 3.8) is 0 Å². The SMILES string of the molecule is OCCOc1c(Cl)cc(Cl)c(OC(F)(F)C(Cl)Cl)c1Cl. The molecular formula is C10H7Cl5F2O3. The first-order valence-electron chi connectivity index (χ1n) is 4.96. The van der Waals surface area contributed by atoms with Gasteiger partial charge in [0, 0.05) is 0 Å². The summed E-state index contributed by atoms with van der Waals surface area (Å²) in [6.07, 6.45) is -3.92. The van der Waals surface area contributed by atoms with Crippen molar-refractivity contribution in [3.8, 4) is 11.5 Å². The van der Waals surface area contributed by atoms with Crippen molar-refractivity contribution < 1.29 is 23.4 Å². The number of rotatable bonds is 6. The first-order valence-corrected chi connectivity index (χ1v) is 6.97. The summed E-state index contributed by atoms with van der Waals surface area (Å²) in [4.78, 5) is -2.13. The molecular weight excluding hydrogens is 383 g/mol. The maximum Gasteiger partial charge on any atom is 0.428 e. The lowest BCUT2D eigenvalue weighted by molar-refractivity contribution is -0.163. The summed E-state index contributed by atoms with van der Waals surface area (Å²) in [7, 11) is 0. The van der Waals surface area contributed by atoms with Crippen LogP contribution in [-0.4, -0.2) is 29.3 Å². The number of ether oxygens (including phenoxy) is 2. The normalized spacial score (nSPS) is 11.8. The molecule has 1 rings (SSSR count). The quantitative estimate of drug-likeness (QED) is 0.710. The molecule has 0 aliphatic rings. The second-order valence-electron chi connectivity index (χ2n) is 3.35. The Morgan fingerprint density at radius 3 is 2.20 bits per heavy atom. The van der Waals surface area contributed by atoms with Gasteiger partial charge < -0.3 is 14.6 Å². The molecule has 0 aromatic heterocycles. The van der Waals surface area contributed by atoms with Crippen LogP contribution in [0.3, 0.4) is 0 Å². The standard InChI is InChI=1S/C10H7Cl5F2O3/c11-4-3-5(12)8(20-10(16,17)9(14)15)6(13)7(4)19-2-1-18/h3,9,18H,1-2H2. The number of halogens is 7. The van der Waals surface area contributed by atoms with Gasteiger partial charge in [-0.05, 0) is 6.07 Å². The van der Waals surface area contributed by atoms with Crippen LogP contribution in [0.5, 0.6) is 11.5 Å². The number of aliphatic hydroxyl groups is 1. The Balaban J connectivity index is 3.19. The molecule has 0 bridgehead atoms. The molecule has 0 spiro atoms. The van der Waals surface area contributed by atoms with E-state index in [1.54, 1.807) is 0 Å². The first kappa shape index (κ1) is 18.1. The fourth-order valence-electron chi connectivity index (χ4n) is 1.11. The van der Waals surface area contributed by atoms with Gasteiger partial charge in [-0.2, -0.15) is 8.78 Å². The summed E-state index contributed by atoms with van der Waals surface area (Å²) in [5.74, 6) is -0.736. The van der Waals surface area contributed by atoms with Crippen molar-refractivity contribution in [1.29, 1.82) is 0 Å². The first-order chi connectivity index (χ1) is 9.20. The van der Waals surface area contributed by atoms with Gasteiger partial charge in [0.05, 0.1) is 16.7 Å². The third-order valence-electron chi connectivity index (χ3n) is 1.92. The summed E-state index contributed by atoms with van der Waals surface area (Å²) in [5.41, 5.74) is 0. The van der Waals surface area contributed by atoms with E-state index in [0.717, 1.165) is 6.07 Å². The average molecular weight is 390 g/mol. The number of hydrogen-bond acceptors (Lipinski definition) is 3. The van der Waals surface area contributed by atoms with Crippen LogP contribution in [-0.2, 0) is 0 Å². The van der Waals surface area contributed by atoms with Crippen LogP contribution < -0.4 is 9.47 Å². The largest absolute Gasteiger partial charge is 0.488 e. The van der Waals surface area contributed by atoms with Gasteiger partial charge in [0.15, 0.2) is 11.5 Å². The van der Waals surface area contributed by atoms with Crippen LogP contribution in [0.25, 0.3) is 0 Å². The molecule has 0 unspecified atom stereocenters. The lowest BCUT2D eigenvalue weighted by Crippen LogP contribution is -2.32. The highest BCUT2D eigenvalue weighted by Crippen LogP contribution is 2.47. The summed E-state index contributed by atoms with van der Waals surface area (Å²) < 4.78 is 36.1. The maximum absolute atomic E-state index is 13.4. The highest BCUT2D eigenvalue weighted by molar-refractivity contribution is 6.45. The van der Waals surface area contributed by atoms with E-state index < -0.39 is 16.7 Å². The zero-order valence-corrected chi connectivity index (χ0v) is 13.3. The number of hydrogen-bond donors (Lipinski definition) is 1. The molecule has 114 valence electrons. The summed E-state index contributed by atoms with van der Waals surface area (Å²) in [5, 5.41) is 7.98. The molecule has 0 aliphatic carbocycles. The number of aliphatic hydroxyl groups excluding tert-OH is 1. The maximum atomic E-state index is 13.4. The van der Waals surface area contributed by atoms with Crippen LogP contribution in [0.4, 0.5) is 8.78 Å². The van der Waals surface area contributed by atoms with E-state index in [9.17, 15) is 8.78 Å². The molecule has 1 aromatic carbocycles. The van der Waals surface area contributed by atoms with E-state index in [2.05, 4.69) is 4.74 Å². The molecule has 10 heteroatoms. The van der Waals surface area contributed by atoms with Crippen LogP contribution in [0.2, 0.25) is 15.1 Å². The lowest BCUT2D eigenvalue weighted by Gasteiger charge is -2.21. The summed E-state index contributed by atoms with van der Waals surface area (Å²) in [6.45, 7) is -0.475. The molecule has 0 atom stereocenters. The average Bonchev–Trinajstić information content (AvgIpc) is 2.34. The Bertz CT molecular complexity index is 484. The highest BCUT2D eigenvalue weighted by atomic mass is 35.5. The van der Waals surface area contributed by atoms with Gasteiger partial charge in [-0.3, -0.25) is 0 Å². The van der Waals surface area contributed by atoms with Gasteiger partial charge >= 0.3 is 6.11 Å². The molecule has 3 nitrogen and oxygen atoms in total. The minimum Gasteiger partial charge on any atom is -0.488 e.